The van der Waals surface area contributed by atoms with Crippen molar-refractivity contribution >= 4 is 0 Å². The van der Waals surface area contributed by atoms with Gasteiger partial charge in [0.1, 0.15) is 11.4 Å². The number of hydrogen-bond acceptors (Lipinski definition) is 3. The van der Waals surface area contributed by atoms with Crippen molar-refractivity contribution in [2.24, 2.45) is 5.92 Å². The molecule has 3 nitrogen and oxygen atoms in total. The molecule has 0 saturated carbocycles. The normalized spacial score (nSPS) is 15.3. The third kappa shape index (κ3) is 3.57. The Labute approximate surface area is 139 Å². The largest absolute Gasteiger partial charge is 0.497 e. The molecule has 0 radical (unpaired) electrons. The van der Waals surface area contributed by atoms with Gasteiger partial charge < -0.3 is 14.7 Å². The summed E-state index contributed by atoms with van der Waals surface area (Å²) in [5, 5.41) is 11.7. The smallest absolute Gasteiger partial charge is 0.119 e. The summed E-state index contributed by atoms with van der Waals surface area (Å²) in [5.41, 5.74) is 1.90. The van der Waals surface area contributed by atoms with Gasteiger partial charge in [0.25, 0.3) is 0 Å². The lowest BCUT2D eigenvalue weighted by Crippen LogP contribution is -2.40. The minimum atomic E-state index is -1.04. The Kier molecular flexibility index (Phi) is 5.45. The molecule has 0 fully saturated rings. The van der Waals surface area contributed by atoms with Gasteiger partial charge in [-0.15, -0.1) is 0 Å². The van der Waals surface area contributed by atoms with Crippen molar-refractivity contribution < 1.29 is 9.84 Å². The van der Waals surface area contributed by atoms with E-state index in [9.17, 15) is 5.11 Å². The predicted molar refractivity (Wildman–Crippen MR) is 94.9 cm³/mol. The molecule has 2 aromatic rings. The lowest BCUT2D eigenvalue weighted by molar-refractivity contribution is 0.0129. The highest BCUT2D eigenvalue weighted by Gasteiger charge is 2.38. The summed E-state index contributed by atoms with van der Waals surface area (Å²) >= 11 is 0. The maximum Gasteiger partial charge on any atom is 0.119 e. The molecule has 2 aromatic carbocycles. The average molecular weight is 313 g/mol. The van der Waals surface area contributed by atoms with E-state index in [4.69, 9.17) is 4.74 Å². The Morgan fingerprint density at radius 2 is 1.70 bits per heavy atom. The number of rotatable bonds is 6. The second-order valence-corrected chi connectivity index (χ2v) is 6.47. The van der Waals surface area contributed by atoms with Gasteiger partial charge in [0.15, 0.2) is 0 Å². The van der Waals surface area contributed by atoms with Crippen LogP contribution < -0.4 is 4.74 Å². The molecule has 0 saturated heterocycles. The van der Waals surface area contributed by atoms with Crippen molar-refractivity contribution in [3.63, 3.8) is 0 Å². The van der Waals surface area contributed by atoms with Crippen LogP contribution in [0.3, 0.4) is 0 Å². The van der Waals surface area contributed by atoms with Gasteiger partial charge in [-0.3, -0.25) is 0 Å². The minimum absolute atomic E-state index is 0.0343. The highest BCUT2D eigenvalue weighted by molar-refractivity contribution is 5.43. The molecule has 0 aliphatic carbocycles. The quantitative estimate of drug-likeness (QED) is 0.887. The van der Waals surface area contributed by atoms with Crippen LogP contribution in [0.25, 0.3) is 0 Å². The summed E-state index contributed by atoms with van der Waals surface area (Å²) in [5.74, 6) is 0.827. The van der Waals surface area contributed by atoms with Crippen molar-refractivity contribution in [2.45, 2.75) is 19.4 Å². The summed E-state index contributed by atoms with van der Waals surface area (Å²) in [6.07, 6.45) is 0. The van der Waals surface area contributed by atoms with Crippen LogP contribution in [0.15, 0.2) is 48.5 Å². The van der Waals surface area contributed by atoms with Crippen LogP contribution in [0.5, 0.6) is 5.75 Å². The molecule has 0 unspecified atom stereocenters. The molecule has 2 atom stereocenters. The van der Waals surface area contributed by atoms with E-state index < -0.39 is 5.60 Å². The average Bonchev–Trinajstić information content (AvgIpc) is 2.54. The Hall–Kier alpha value is -1.84. The molecule has 2 rings (SSSR count). The predicted octanol–water partition coefficient (Wildman–Crippen LogP) is 3.44. The first kappa shape index (κ1) is 17.5. The summed E-state index contributed by atoms with van der Waals surface area (Å²) in [6, 6.07) is 15.8. The van der Waals surface area contributed by atoms with E-state index in [0.29, 0.717) is 0 Å². The molecular formula is C20H27NO2. The molecule has 0 bridgehead atoms. The van der Waals surface area contributed by atoms with Crippen LogP contribution in [0.1, 0.15) is 23.6 Å². The molecule has 0 aliphatic rings. The molecule has 124 valence electrons. The zero-order valence-electron chi connectivity index (χ0n) is 14.7. The Balaban J connectivity index is 2.56. The van der Waals surface area contributed by atoms with Crippen LogP contribution in [0.4, 0.5) is 0 Å². The zero-order valence-corrected chi connectivity index (χ0v) is 14.7. The van der Waals surface area contributed by atoms with Gasteiger partial charge in [-0.1, -0.05) is 43.3 Å². The van der Waals surface area contributed by atoms with E-state index >= 15 is 0 Å². The monoisotopic (exact) mass is 313 g/mol. The van der Waals surface area contributed by atoms with Gasteiger partial charge in [0.05, 0.1) is 7.11 Å². The van der Waals surface area contributed by atoms with E-state index in [-0.39, 0.29) is 5.92 Å². The Bertz CT molecular complexity index is 636. The van der Waals surface area contributed by atoms with Gasteiger partial charge in [-0.05, 0) is 49.8 Å². The molecule has 0 heterocycles. The maximum absolute atomic E-state index is 11.7. The topological polar surface area (TPSA) is 32.7 Å². The highest BCUT2D eigenvalue weighted by atomic mass is 16.5. The first-order valence-corrected chi connectivity index (χ1v) is 7.97. The van der Waals surface area contributed by atoms with Crippen LogP contribution in [0.2, 0.25) is 0 Å². The number of aliphatic hydroxyl groups is 1. The molecule has 0 spiro atoms. The number of nitrogens with zero attached hydrogens (tertiary/aromatic N) is 1. The molecular weight excluding hydrogens is 286 g/mol. The van der Waals surface area contributed by atoms with Crippen molar-refractivity contribution in [1.29, 1.82) is 0 Å². The van der Waals surface area contributed by atoms with Gasteiger partial charge in [-0.2, -0.15) is 0 Å². The number of aryl methyl sites for hydroxylation is 1. The van der Waals surface area contributed by atoms with Gasteiger partial charge >= 0.3 is 0 Å². The van der Waals surface area contributed by atoms with E-state index in [1.807, 2.05) is 69.6 Å². The van der Waals surface area contributed by atoms with E-state index in [1.54, 1.807) is 7.11 Å². The van der Waals surface area contributed by atoms with Gasteiger partial charge in [-0.25, -0.2) is 0 Å². The summed E-state index contributed by atoms with van der Waals surface area (Å²) in [4.78, 5) is 2.11. The highest BCUT2D eigenvalue weighted by Crippen LogP contribution is 2.39. The molecule has 23 heavy (non-hydrogen) atoms. The van der Waals surface area contributed by atoms with Crippen LogP contribution in [-0.2, 0) is 5.60 Å². The number of hydrogen-bond donors (Lipinski definition) is 1. The third-order valence-electron chi connectivity index (χ3n) is 4.44. The van der Waals surface area contributed by atoms with E-state index in [1.165, 1.54) is 0 Å². The number of benzene rings is 2. The summed E-state index contributed by atoms with van der Waals surface area (Å²) < 4.78 is 5.25. The number of ether oxygens (including phenoxy) is 1. The van der Waals surface area contributed by atoms with Crippen molar-refractivity contribution in [2.75, 3.05) is 27.7 Å². The van der Waals surface area contributed by atoms with Crippen LogP contribution in [0, 0.1) is 12.8 Å². The van der Waals surface area contributed by atoms with Gasteiger partial charge in [0, 0.05) is 12.5 Å². The lowest BCUT2D eigenvalue weighted by atomic mass is 9.75. The Morgan fingerprint density at radius 1 is 1.09 bits per heavy atom. The van der Waals surface area contributed by atoms with Crippen LogP contribution >= 0.6 is 0 Å². The third-order valence-corrected chi connectivity index (χ3v) is 4.44. The SMILES string of the molecule is COc1ccc([C@](O)(c2ccccc2C)[C@@H](C)CN(C)C)cc1. The first-order chi connectivity index (χ1) is 10.9. The Morgan fingerprint density at radius 3 is 2.22 bits per heavy atom. The fraction of sp³-hybridized carbons (Fsp3) is 0.400. The molecule has 1 N–H and O–H groups in total. The molecule has 3 heteroatoms. The van der Waals surface area contributed by atoms with Crippen molar-refractivity contribution in [3.05, 3.63) is 65.2 Å². The lowest BCUT2D eigenvalue weighted by Gasteiger charge is -2.37. The fourth-order valence-corrected chi connectivity index (χ4v) is 3.23. The first-order valence-electron chi connectivity index (χ1n) is 7.97. The van der Waals surface area contributed by atoms with Crippen molar-refractivity contribution in [1.82, 2.24) is 4.90 Å². The van der Waals surface area contributed by atoms with Crippen molar-refractivity contribution in [3.8, 4) is 5.75 Å². The molecule has 0 amide bonds. The van der Waals surface area contributed by atoms with Crippen LogP contribution in [-0.4, -0.2) is 37.8 Å². The maximum atomic E-state index is 11.7. The van der Waals surface area contributed by atoms with E-state index in [2.05, 4.69) is 11.8 Å². The minimum Gasteiger partial charge on any atom is -0.497 e. The van der Waals surface area contributed by atoms with Gasteiger partial charge in [0.2, 0.25) is 0 Å². The zero-order chi connectivity index (χ0) is 17.0. The van der Waals surface area contributed by atoms with E-state index in [0.717, 1.165) is 29.0 Å². The summed E-state index contributed by atoms with van der Waals surface area (Å²) in [6.45, 7) is 4.93. The standard InChI is InChI=1S/C20H27NO2/c1-15-8-6-7-9-19(15)20(22,16(2)14-21(3)4)17-10-12-18(23-5)13-11-17/h6-13,16,22H,14H2,1-5H3/t16-,20-/m0/s1. The fourth-order valence-electron chi connectivity index (χ4n) is 3.23. The second-order valence-electron chi connectivity index (χ2n) is 6.47. The molecule has 0 aromatic heterocycles. The second kappa shape index (κ2) is 7.16. The molecule has 0 aliphatic heterocycles. The summed E-state index contributed by atoms with van der Waals surface area (Å²) in [7, 11) is 5.71. The number of methoxy groups -OCH3 is 1.